The highest BCUT2D eigenvalue weighted by Gasteiger charge is 2.22. The van der Waals surface area contributed by atoms with Gasteiger partial charge in [-0.25, -0.2) is 4.98 Å². The van der Waals surface area contributed by atoms with E-state index in [1.807, 2.05) is 23.6 Å². The van der Waals surface area contributed by atoms with Crippen molar-refractivity contribution in [2.24, 2.45) is 11.7 Å². The Morgan fingerprint density at radius 3 is 2.62 bits per heavy atom. The Labute approximate surface area is 124 Å². The van der Waals surface area contributed by atoms with Crippen LogP contribution in [0.25, 0.3) is 0 Å². The molecule has 2 heterocycles. The van der Waals surface area contributed by atoms with Gasteiger partial charge in [0, 0.05) is 32.1 Å². The number of anilines is 1. The van der Waals surface area contributed by atoms with E-state index in [0.717, 1.165) is 19.5 Å². The lowest BCUT2D eigenvalue weighted by molar-refractivity contribution is -0.134. The van der Waals surface area contributed by atoms with Crippen LogP contribution in [0.1, 0.15) is 30.8 Å². The van der Waals surface area contributed by atoms with Gasteiger partial charge in [-0.1, -0.05) is 13.8 Å². The molecule has 2 rings (SSSR count). The number of nitrogens with zero attached hydrogens (tertiary/aromatic N) is 4. The van der Waals surface area contributed by atoms with Gasteiger partial charge < -0.3 is 15.5 Å². The molecule has 0 saturated carbocycles. The van der Waals surface area contributed by atoms with Crippen LogP contribution in [-0.2, 0) is 4.79 Å². The van der Waals surface area contributed by atoms with Crippen molar-refractivity contribution in [3.63, 3.8) is 0 Å². The number of carbonyl (C=O) groups excluding carboxylic acids is 2. The van der Waals surface area contributed by atoms with E-state index in [1.54, 1.807) is 6.20 Å². The van der Waals surface area contributed by atoms with Gasteiger partial charge in [0.15, 0.2) is 0 Å². The number of primary amides is 1. The van der Waals surface area contributed by atoms with Crippen molar-refractivity contribution in [2.45, 2.75) is 20.3 Å². The molecule has 1 saturated heterocycles. The summed E-state index contributed by atoms with van der Waals surface area (Å²) in [5.41, 5.74) is 5.38. The van der Waals surface area contributed by atoms with E-state index >= 15 is 0 Å². The smallest absolute Gasteiger partial charge is 0.268 e. The predicted molar refractivity (Wildman–Crippen MR) is 78.8 cm³/mol. The largest absolute Gasteiger partial charge is 0.364 e. The summed E-state index contributed by atoms with van der Waals surface area (Å²) in [6, 6.07) is 0. The van der Waals surface area contributed by atoms with Crippen LogP contribution >= 0.6 is 0 Å². The molecule has 7 heteroatoms. The van der Waals surface area contributed by atoms with Gasteiger partial charge in [-0.2, -0.15) is 0 Å². The average Bonchev–Trinajstić information content (AvgIpc) is 2.72. The molecule has 0 unspecified atom stereocenters. The lowest BCUT2D eigenvalue weighted by atomic mass is 10.2. The number of rotatable bonds is 3. The molecule has 1 aliphatic heterocycles. The third-order valence-electron chi connectivity index (χ3n) is 3.50. The van der Waals surface area contributed by atoms with E-state index in [2.05, 4.69) is 9.97 Å². The molecule has 0 atom stereocenters. The maximum Gasteiger partial charge on any atom is 0.268 e. The van der Waals surface area contributed by atoms with Crippen molar-refractivity contribution in [3.8, 4) is 0 Å². The maximum absolute atomic E-state index is 12.1. The number of carbonyl (C=O) groups is 2. The highest BCUT2D eigenvalue weighted by molar-refractivity contribution is 5.90. The second kappa shape index (κ2) is 6.51. The molecule has 2 N–H and O–H groups in total. The van der Waals surface area contributed by atoms with Crippen LogP contribution in [0.15, 0.2) is 12.4 Å². The molecule has 114 valence electrons. The van der Waals surface area contributed by atoms with E-state index in [-0.39, 0.29) is 17.5 Å². The zero-order chi connectivity index (χ0) is 15.4. The van der Waals surface area contributed by atoms with Gasteiger partial charge >= 0.3 is 0 Å². The molecule has 1 fully saturated rings. The highest BCUT2D eigenvalue weighted by atomic mass is 16.2. The zero-order valence-electron chi connectivity index (χ0n) is 12.5. The molecule has 1 aromatic rings. The van der Waals surface area contributed by atoms with Crippen LogP contribution in [0, 0.1) is 5.92 Å². The Morgan fingerprint density at radius 1 is 1.19 bits per heavy atom. The molecule has 0 aromatic carbocycles. The van der Waals surface area contributed by atoms with Crippen LogP contribution in [0.5, 0.6) is 0 Å². The van der Waals surface area contributed by atoms with Crippen molar-refractivity contribution in [2.75, 3.05) is 31.1 Å². The summed E-state index contributed by atoms with van der Waals surface area (Å²) in [4.78, 5) is 35.4. The number of hydrogen-bond donors (Lipinski definition) is 1. The second-order valence-corrected chi connectivity index (χ2v) is 5.45. The summed E-state index contributed by atoms with van der Waals surface area (Å²) in [6.45, 7) is 6.67. The fourth-order valence-corrected chi connectivity index (χ4v) is 2.36. The minimum atomic E-state index is -0.587. The average molecular weight is 291 g/mol. The van der Waals surface area contributed by atoms with Gasteiger partial charge in [0.2, 0.25) is 5.91 Å². The normalized spacial score (nSPS) is 16.0. The SMILES string of the molecule is CC(C)C(=O)N1CCCN(c2cncc(C(N)=O)n2)CC1. The molecule has 2 amide bonds. The third-order valence-corrected chi connectivity index (χ3v) is 3.50. The number of nitrogens with two attached hydrogens (primary N) is 1. The molecule has 21 heavy (non-hydrogen) atoms. The predicted octanol–water partition coefficient (Wildman–Crippen LogP) is 0.270. The minimum Gasteiger partial charge on any atom is -0.364 e. The standard InChI is InChI=1S/C14H21N5O2/c1-10(2)14(21)19-5-3-4-18(6-7-19)12-9-16-8-11(17-12)13(15)20/h8-10H,3-7H2,1-2H3,(H2,15,20). The monoisotopic (exact) mass is 291 g/mol. The Morgan fingerprint density at radius 2 is 1.95 bits per heavy atom. The van der Waals surface area contributed by atoms with Crippen LogP contribution in [0.3, 0.4) is 0 Å². The molecular formula is C14H21N5O2. The van der Waals surface area contributed by atoms with Crippen molar-refractivity contribution < 1.29 is 9.59 Å². The molecular weight excluding hydrogens is 270 g/mol. The van der Waals surface area contributed by atoms with Crippen molar-refractivity contribution >= 4 is 17.6 Å². The fourth-order valence-electron chi connectivity index (χ4n) is 2.36. The van der Waals surface area contributed by atoms with Gasteiger partial charge in [0.1, 0.15) is 11.5 Å². The number of hydrogen-bond acceptors (Lipinski definition) is 5. The van der Waals surface area contributed by atoms with Gasteiger partial charge in [-0.3, -0.25) is 14.6 Å². The van der Waals surface area contributed by atoms with E-state index < -0.39 is 5.91 Å². The van der Waals surface area contributed by atoms with Crippen LogP contribution < -0.4 is 10.6 Å². The van der Waals surface area contributed by atoms with E-state index in [1.165, 1.54) is 6.20 Å². The summed E-state index contributed by atoms with van der Waals surface area (Å²) >= 11 is 0. The fraction of sp³-hybridized carbons (Fsp3) is 0.571. The first kappa shape index (κ1) is 15.2. The molecule has 1 aromatic heterocycles. The molecule has 0 aliphatic carbocycles. The van der Waals surface area contributed by atoms with Crippen molar-refractivity contribution in [1.82, 2.24) is 14.9 Å². The van der Waals surface area contributed by atoms with Gasteiger partial charge in [0.05, 0.1) is 12.4 Å². The van der Waals surface area contributed by atoms with Crippen LogP contribution in [0.4, 0.5) is 5.82 Å². The topological polar surface area (TPSA) is 92.4 Å². The first-order chi connectivity index (χ1) is 9.99. The Balaban J connectivity index is 2.08. The highest BCUT2D eigenvalue weighted by Crippen LogP contribution is 2.14. The second-order valence-electron chi connectivity index (χ2n) is 5.45. The van der Waals surface area contributed by atoms with Crippen LogP contribution in [-0.4, -0.2) is 52.9 Å². The molecule has 1 aliphatic rings. The molecule has 7 nitrogen and oxygen atoms in total. The van der Waals surface area contributed by atoms with E-state index in [0.29, 0.717) is 18.9 Å². The summed E-state index contributed by atoms with van der Waals surface area (Å²) in [5.74, 6) is 0.226. The third kappa shape index (κ3) is 3.68. The van der Waals surface area contributed by atoms with Crippen LogP contribution in [0.2, 0.25) is 0 Å². The van der Waals surface area contributed by atoms with E-state index in [4.69, 9.17) is 5.73 Å². The Hall–Kier alpha value is -2.18. The van der Waals surface area contributed by atoms with Crippen molar-refractivity contribution in [1.29, 1.82) is 0 Å². The van der Waals surface area contributed by atoms with Crippen molar-refractivity contribution in [3.05, 3.63) is 18.1 Å². The lowest BCUT2D eigenvalue weighted by Crippen LogP contribution is -2.37. The summed E-state index contributed by atoms with van der Waals surface area (Å²) in [5, 5.41) is 0. The number of amides is 2. The minimum absolute atomic E-state index is 0.00883. The first-order valence-corrected chi connectivity index (χ1v) is 7.14. The zero-order valence-corrected chi connectivity index (χ0v) is 12.5. The van der Waals surface area contributed by atoms with Gasteiger partial charge in [-0.05, 0) is 6.42 Å². The van der Waals surface area contributed by atoms with E-state index in [9.17, 15) is 9.59 Å². The number of aromatic nitrogens is 2. The maximum atomic E-state index is 12.1. The molecule has 0 radical (unpaired) electrons. The lowest BCUT2D eigenvalue weighted by Gasteiger charge is -2.24. The first-order valence-electron chi connectivity index (χ1n) is 7.14. The molecule has 0 bridgehead atoms. The summed E-state index contributed by atoms with van der Waals surface area (Å²) in [7, 11) is 0. The van der Waals surface area contributed by atoms with Gasteiger partial charge in [-0.15, -0.1) is 0 Å². The Bertz CT molecular complexity index is 532. The van der Waals surface area contributed by atoms with Gasteiger partial charge in [0.25, 0.3) is 5.91 Å². The quantitative estimate of drug-likeness (QED) is 0.863. The summed E-state index contributed by atoms with van der Waals surface area (Å²) < 4.78 is 0. The molecule has 0 spiro atoms. The summed E-state index contributed by atoms with van der Waals surface area (Å²) in [6.07, 6.45) is 3.84. The Kier molecular flexibility index (Phi) is 4.72.